The van der Waals surface area contributed by atoms with Crippen LogP contribution >= 0.6 is 23.1 Å². The molecule has 0 bridgehead atoms. The van der Waals surface area contributed by atoms with Crippen LogP contribution in [0.4, 0.5) is 0 Å². The zero-order valence-electron chi connectivity index (χ0n) is 13.1. The normalized spacial score (nSPS) is 17.1. The lowest BCUT2D eigenvalue weighted by Gasteiger charge is -2.30. The van der Waals surface area contributed by atoms with E-state index >= 15 is 0 Å². The molecule has 0 saturated carbocycles. The van der Waals surface area contributed by atoms with E-state index in [1.54, 1.807) is 11.3 Å². The molecule has 0 spiro atoms. The molecule has 1 aliphatic heterocycles. The third-order valence-electron chi connectivity index (χ3n) is 3.27. The maximum atomic E-state index is 12.3. The van der Waals surface area contributed by atoms with Gasteiger partial charge in [0, 0.05) is 18.8 Å². The molecular weight excluding hydrogens is 334 g/mol. The van der Waals surface area contributed by atoms with Crippen LogP contribution in [0.3, 0.4) is 0 Å². The molecule has 120 valence electrons. The first kappa shape index (κ1) is 16.0. The summed E-state index contributed by atoms with van der Waals surface area (Å²) < 4.78 is 11.4. The Morgan fingerprint density at radius 1 is 1.22 bits per heavy atom. The van der Waals surface area contributed by atoms with Gasteiger partial charge in [0.25, 0.3) is 5.79 Å². The molecule has 0 amide bonds. The van der Waals surface area contributed by atoms with Gasteiger partial charge in [0.05, 0.1) is 15.2 Å². The van der Waals surface area contributed by atoms with Crippen molar-refractivity contribution in [1.82, 2.24) is 4.98 Å². The number of fused-ring (bicyclic) bond motifs is 1. The Morgan fingerprint density at radius 2 is 1.87 bits per heavy atom. The van der Waals surface area contributed by atoms with Crippen molar-refractivity contribution in [2.45, 2.75) is 26.6 Å². The van der Waals surface area contributed by atoms with E-state index in [0.717, 1.165) is 20.8 Å². The van der Waals surface area contributed by atoms with E-state index < -0.39 is 17.7 Å². The van der Waals surface area contributed by atoms with Crippen LogP contribution in [-0.4, -0.2) is 29.0 Å². The average Bonchev–Trinajstić information content (AvgIpc) is 2.80. The van der Waals surface area contributed by atoms with E-state index in [4.69, 9.17) is 9.47 Å². The smallest absolute Gasteiger partial charge is 0.350 e. The maximum absolute atomic E-state index is 12.3. The fraction of sp³-hybridized carbons (Fsp3) is 0.312. The number of aryl methyl sites for hydroxylation is 1. The Balaban J connectivity index is 2.12. The summed E-state index contributed by atoms with van der Waals surface area (Å²) in [7, 11) is 0. The van der Waals surface area contributed by atoms with Crippen LogP contribution in [0.5, 0.6) is 0 Å². The van der Waals surface area contributed by atoms with Crippen LogP contribution in [0.1, 0.15) is 24.4 Å². The number of nitrogens with zero attached hydrogens (tertiary/aromatic N) is 1. The van der Waals surface area contributed by atoms with Crippen LogP contribution < -0.4 is 0 Å². The van der Waals surface area contributed by atoms with E-state index in [1.165, 1.54) is 25.6 Å². The summed E-state index contributed by atoms with van der Waals surface area (Å²) in [5.41, 5.74) is 1.62. The van der Waals surface area contributed by atoms with Crippen molar-refractivity contribution in [1.29, 1.82) is 0 Å². The summed E-state index contributed by atoms with van der Waals surface area (Å²) in [6.45, 7) is 5.01. The van der Waals surface area contributed by atoms with Gasteiger partial charge in [-0.25, -0.2) is 14.6 Å². The van der Waals surface area contributed by atoms with Crippen LogP contribution in [-0.2, 0) is 19.1 Å². The minimum Gasteiger partial charge on any atom is -0.419 e. The summed E-state index contributed by atoms with van der Waals surface area (Å²) >= 11 is 2.88. The van der Waals surface area contributed by atoms with Gasteiger partial charge in [-0.3, -0.25) is 0 Å². The Kier molecular flexibility index (Phi) is 3.93. The fourth-order valence-corrected chi connectivity index (χ4v) is 3.98. The van der Waals surface area contributed by atoms with Gasteiger partial charge < -0.3 is 9.47 Å². The molecule has 0 atom stereocenters. The number of carbonyl (C=O) groups excluding carboxylic acids is 2. The van der Waals surface area contributed by atoms with Gasteiger partial charge in [0.2, 0.25) is 0 Å². The first-order valence-electron chi connectivity index (χ1n) is 6.93. The monoisotopic (exact) mass is 349 g/mol. The summed E-state index contributed by atoms with van der Waals surface area (Å²) in [4.78, 5) is 29.5. The van der Waals surface area contributed by atoms with E-state index in [-0.39, 0.29) is 5.57 Å². The molecule has 5 nitrogen and oxygen atoms in total. The largest absolute Gasteiger partial charge is 0.419 e. The van der Waals surface area contributed by atoms with Gasteiger partial charge in [-0.15, -0.1) is 23.1 Å². The summed E-state index contributed by atoms with van der Waals surface area (Å²) in [5, 5.41) is 0.966. The molecule has 1 fully saturated rings. The first-order valence-corrected chi connectivity index (χ1v) is 8.97. The van der Waals surface area contributed by atoms with Crippen molar-refractivity contribution < 1.29 is 19.1 Å². The Morgan fingerprint density at radius 3 is 2.48 bits per heavy atom. The number of rotatable bonds is 2. The molecule has 1 aromatic carbocycles. The lowest BCUT2D eigenvalue weighted by atomic mass is 10.1. The highest BCUT2D eigenvalue weighted by Crippen LogP contribution is 2.36. The van der Waals surface area contributed by atoms with E-state index in [0.29, 0.717) is 4.91 Å². The van der Waals surface area contributed by atoms with Crippen LogP contribution in [0.25, 0.3) is 15.1 Å². The molecule has 2 heterocycles. The van der Waals surface area contributed by atoms with E-state index in [9.17, 15) is 9.59 Å². The Labute approximate surface area is 141 Å². The Hall–Kier alpha value is -1.86. The minimum atomic E-state index is -1.24. The predicted molar refractivity (Wildman–Crippen MR) is 91.1 cm³/mol. The predicted octanol–water partition coefficient (Wildman–Crippen LogP) is 3.51. The number of ether oxygens (including phenoxy) is 2. The molecule has 0 radical (unpaired) electrons. The number of carbonyl (C=O) groups is 2. The minimum absolute atomic E-state index is 0.0580. The molecule has 0 aliphatic carbocycles. The third kappa shape index (κ3) is 2.98. The average molecular weight is 349 g/mol. The van der Waals surface area contributed by atoms with Crippen molar-refractivity contribution in [3.05, 3.63) is 34.3 Å². The van der Waals surface area contributed by atoms with E-state index in [1.807, 2.05) is 31.4 Å². The van der Waals surface area contributed by atoms with E-state index in [2.05, 4.69) is 4.98 Å². The van der Waals surface area contributed by atoms with Gasteiger partial charge in [0.1, 0.15) is 0 Å². The number of cyclic esters (lactones) is 2. The molecular formula is C16H15NO4S2. The molecule has 1 saturated heterocycles. The second-order valence-corrected chi connectivity index (χ2v) is 7.55. The number of aromatic nitrogens is 1. The van der Waals surface area contributed by atoms with Crippen LogP contribution in [0, 0.1) is 6.92 Å². The zero-order valence-corrected chi connectivity index (χ0v) is 14.8. The molecule has 2 aromatic rings. The van der Waals surface area contributed by atoms with Gasteiger partial charge in [-0.1, -0.05) is 6.07 Å². The SMILES string of the molecule is CSC(=C1C(=O)OC(C)(C)OC1=O)c1ccc2nc(C)sc2c1. The molecule has 1 aromatic heterocycles. The van der Waals surface area contributed by atoms with Gasteiger partial charge in [0.15, 0.2) is 5.57 Å². The number of esters is 2. The number of benzene rings is 1. The molecule has 1 aliphatic rings. The second kappa shape index (κ2) is 5.65. The summed E-state index contributed by atoms with van der Waals surface area (Å²) in [5.74, 6) is -2.55. The molecule has 7 heteroatoms. The molecule has 0 unspecified atom stereocenters. The standard InChI is InChI=1S/C16H15NO4S2/c1-8-17-10-6-5-9(7-11(10)23-8)13(22-4)12-14(18)20-16(2,3)21-15(12)19/h5-7H,1-4H3. The van der Waals surface area contributed by atoms with Crippen molar-refractivity contribution in [3.63, 3.8) is 0 Å². The highest BCUT2D eigenvalue weighted by Gasteiger charge is 2.41. The Bertz CT molecular complexity index is 829. The number of hydrogen-bond donors (Lipinski definition) is 0. The quantitative estimate of drug-likeness (QED) is 0.470. The summed E-state index contributed by atoms with van der Waals surface area (Å²) in [6.07, 6.45) is 1.81. The fourth-order valence-electron chi connectivity index (χ4n) is 2.38. The highest BCUT2D eigenvalue weighted by atomic mass is 32.2. The highest BCUT2D eigenvalue weighted by molar-refractivity contribution is 8.07. The number of thioether (sulfide) groups is 1. The zero-order chi connectivity index (χ0) is 16.8. The van der Waals surface area contributed by atoms with Crippen LogP contribution in [0.15, 0.2) is 23.8 Å². The maximum Gasteiger partial charge on any atom is 0.350 e. The summed E-state index contributed by atoms with van der Waals surface area (Å²) in [6, 6.07) is 5.66. The lowest BCUT2D eigenvalue weighted by molar-refractivity contribution is -0.222. The third-order valence-corrected chi connectivity index (χ3v) is 5.06. The lowest BCUT2D eigenvalue weighted by Crippen LogP contribution is -2.42. The second-order valence-electron chi connectivity index (χ2n) is 5.50. The number of thiazole rings is 1. The topological polar surface area (TPSA) is 65.5 Å². The van der Waals surface area contributed by atoms with Crippen molar-refractivity contribution in [3.8, 4) is 0 Å². The van der Waals surface area contributed by atoms with Crippen LogP contribution in [0.2, 0.25) is 0 Å². The van der Waals surface area contributed by atoms with Crippen molar-refractivity contribution >= 4 is 50.2 Å². The molecule has 23 heavy (non-hydrogen) atoms. The number of hydrogen-bond acceptors (Lipinski definition) is 7. The molecule has 3 rings (SSSR count). The molecule has 0 N–H and O–H groups in total. The first-order chi connectivity index (χ1) is 10.8. The van der Waals surface area contributed by atoms with Crippen molar-refractivity contribution in [2.24, 2.45) is 0 Å². The van der Waals surface area contributed by atoms with Gasteiger partial charge in [-0.05, 0) is 30.9 Å². The van der Waals surface area contributed by atoms with Gasteiger partial charge in [-0.2, -0.15) is 0 Å². The van der Waals surface area contributed by atoms with Crippen molar-refractivity contribution in [2.75, 3.05) is 6.26 Å². The van der Waals surface area contributed by atoms with Gasteiger partial charge >= 0.3 is 11.9 Å².